The third-order valence-corrected chi connectivity index (χ3v) is 2.58. The molecule has 0 unspecified atom stereocenters. The van der Waals surface area contributed by atoms with E-state index in [1.807, 2.05) is 0 Å². The lowest BCUT2D eigenvalue weighted by Gasteiger charge is -2.12. The van der Waals surface area contributed by atoms with Crippen molar-refractivity contribution in [2.24, 2.45) is 27.4 Å². The van der Waals surface area contributed by atoms with Crippen molar-refractivity contribution in [3.8, 4) is 11.5 Å². The summed E-state index contributed by atoms with van der Waals surface area (Å²) < 4.78 is 11.0. The van der Waals surface area contributed by atoms with Gasteiger partial charge in [0.1, 0.15) is 0 Å². The Morgan fingerprint density at radius 2 is 2.10 bits per heavy atom. The molecule has 8 nitrogen and oxygen atoms in total. The van der Waals surface area contributed by atoms with E-state index in [2.05, 4.69) is 26.1 Å². The van der Waals surface area contributed by atoms with Gasteiger partial charge in [-0.25, -0.2) is 0 Å². The normalized spacial score (nSPS) is 10.3. The number of carbonyl (C=O) groups is 1. The second-order valence-corrected chi connectivity index (χ2v) is 4.41. The van der Waals surface area contributed by atoms with Crippen LogP contribution in [0.5, 0.6) is 11.5 Å². The first-order valence-electron chi connectivity index (χ1n) is 5.34. The van der Waals surface area contributed by atoms with Crippen LogP contribution in [0.4, 0.5) is 0 Å². The molecule has 0 aliphatic heterocycles. The third-order valence-electron chi connectivity index (χ3n) is 1.99. The second kappa shape index (κ2) is 7.34. The van der Waals surface area contributed by atoms with Crippen LogP contribution in [0.25, 0.3) is 0 Å². The first-order chi connectivity index (χ1) is 9.43. The molecule has 0 aliphatic carbocycles. The Morgan fingerprint density at radius 1 is 1.40 bits per heavy atom. The number of rotatable bonds is 6. The first kappa shape index (κ1) is 15.8. The molecule has 9 heteroatoms. The van der Waals surface area contributed by atoms with Gasteiger partial charge in [0.15, 0.2) is 18.1 Å². The minimum Gasteiger partial charge on any atom is -0.493 e. The molecule has 1 amide bonds. The topological polar surface area (TPSA) is 138 Å². The van der Waals surface area contributed by atoms with Gasteiger partial charge in [-0.2, -0.15) is 5.10 Å². The zero-order valence-electron chi connectivity index (χ0n) is 10.7. The van der Waals surface area contributed by atoms with Crippen LogP contribution in [-0.4, -0.2) is 31.8 Å². The Labute approximate surface area is 123 Å². The Hall–Kier alpha value is -2.29. The fraction of sp³-hybridized carbons (Fsp3) is 0.182. The molecule has 0 atom stereocenters. The summed E-state index contributed by atoms with van der Waals surface area (Å²) in [5, 5.41) is 7.16. The van der Waals surface area contributed by atoms with Gasteiger partial charge in [0, 0.05) is 0 Å². The summed E-state index contributed by atoms with van der Waals surface area (Å²) in [6.07, 6.45) is 1.44. The van der Waals surface area contributed by atoms with Crippen LogP contribution >= 0.6 is 15.9 Å². The molecule has 0 heterocycles. The molecule has 6 N–H and O–H groups in total. The van der Waals surface area contributed by atoms with Crippen molar-refractivity contribution in [2.75, 3.05) is 13.7 Å². The highest BCUT2D eigenvalue weighted by Crippen LogP contribution is 2.36. The summed E-state index contributed by atoms with van der Waals surface area (Å²) >= 11 is 3.31. The molecule has 0 bridgehead atoms. The average Bonchev–Trinajstić information content (AvgIpc) is 2.36. The van der Waals surface area contributed by atoms with Crippen LogP contribution in [0.1, 0.15) is 5.56 Å². The number of halogens is 1. The van der Waals surface area contributed by atoms with Crippen molar-refractivity contribution >= 4 is 34.0 Å². The standard InChI is InChI=1S/C11H14BrN5O3/c1-19-8-3-6(4-16-17-11(14)15)2-7(12)10(8)20-5-9(13)18/h2-4H,5H2,1H3,(H2,13,18)(H4,14,15,17). The SMILES string of the molecule is COc1cc(C=NN=C(N)N)cc(Br)c1OCC(N)=O. The van der Waals surface area contributed by atoms with E-state index in [9.17, 15) is 4.79 Å². The minimum atomic E-state index is -0.586. The predicted molar refractivity (Wildman–Crippen MR) is 78.8 cm³/mol. The van der Waals surface area contributed by atoms with Crippen LogP contribution in [0.2, 0.25) is 0 Å². The zero-order chi connectivity index (χ0) is 15.1. The maximum atomic E-state index is 10.7. The average molecular weight is 344 g/mol. The lowest BCUT2D eigenvalue weighted by atomic mass is 10.2. The largest absolute Gasteiger partial charge is 0.493 e. The zero-order valence-corrected chi connectivity index (χ0v) is 12.3. The Kier molecular flexibility index (Phi) is 5.78. The molecule has 1 aromatic rings. The quantitative estimate of drug-likeness (QED) is 0.377. The van der Waals surface area contributed by atoms with Gasteiger partial charge in [-0.3, -0.25) is 4.79 Å². The highest BCUT2D eigenvalue weighted by Gasteiger charge is 2.12. The van der Waals surface area contributed by atoms with Gasteiger partial charge in [-0.1, -0.05) is 0 Å². The minimum absolute atomic E-state index is 0.145. The van der Waals surface area contributed by atoms with Gasteiger partial charge >= 0.3 is 0 Å². The van der Waals surface area contributed by atoms with Gasteiger partial charge in [0.2, 0.25) is 5.96 Å². The number of benzene rings is 1. The number of methoxy groups -OCH3 is 1. The first-order valence-corrected chi connectivity index (χ1v) is 6.14. The Morgan fingerprint density at radius 3 is 2.65 bits per heavy atom. The van der Waals surface area contributed by atoms with E-state index in [1.54, 1.807) is 12.1 Å². The van der Waals surface area contributed by atoms with Gasteiger partial charge < -0.3 is 26.7 Å². The van der Waals surface area contributed by atoms with Crippen LogP contribution in [0.15, 0.2) is 26.8 Å². The number of nitrogens with zero attached hydrogens (tertiary/aromatic N) is 2. The molecular formula is C11H14BrN5O3. The smallest absolute Gasteiger partial charge is 0.255 e. The van der Waals surface area contributed by atoms with Crippen LogP contribution < -0.4 is 26.7 Å². The van der Waals surface area contributed by atoms with Crippen molar-refractivity contribution in [1.82, 2.24) is 0 Å². The Bertz CT molecular complexity index is 555. The molecule has 20 heavy (non-hydrogen) atoms. The monoisotopic (exact) mass is 343 g/mol. The van der Waals surface area contributed by atoms with E-state index < -0.39 is 5.91 Å². The van der Waals surface area contributed by atoms with E-state index in [0.717, 1.165) is 0 Å². The summed E-state index contributed by atoms with van der Waals surface area (Å²) in [4.78, 5) is 10.7. The summed E-state index contributed by atoms with van der Waals surface area (Å²) in [5.74, 6) is 0.0445. The maximum absolute atomic E-state index is 10.7. The van der Waals surface area contributed by atoms with Crippen LogP contribution in [-0.2, 0) is 4.79 Å². The van der Waals surface area contributed by atoms with Crippen molar-refractivity contribution in [3.05, 3.63) is 22.2 Å². The highest BCUT2D eigenvalue weighted by molar-refractivity contribution is 9.10. The van der Waals surface area contributed by atoms with Crippen molar-refractivity contribution in [2.45, 2.75) is 0 Å². The summed E-state index contributed by atoms with van der Waals surface area (Å²) in [7, 11) is 1.47. The van der Waals surface area contributed by atoms with E-state index in [1.165, 1.54) is 13.3 Å². The number of guanidine groups is 1. The maximum Gasteiger partial charge on any atom is 0.255 e. The molecule has 0 spiro atoms. The van der Waals surface area contributed by atoms with Crippen molar-refractivity contribution in [1.29, 1.82) is 0 Å². The number of carbonyl (C=O) groups excluding carboxylic acids is 1. The molecule has 1 aromatic carbocycles. The highest BCUT2D eigenvalue weighted by atomic mass is 79.9. The fourth-order valence-electron chi connectivity index (χ4n) is 1.26. The van der Waals surface area contributed by atoms with Gasteiger partial charge in [-0.15, -0.1) is 5.10 Å². The molecule has 108 valence electrons. The van der Waals surface area contributed by atoms with E-state index in [-0.39, 0.29) is 12.6 Å². The number of nitrogens with two attached hydrogens (primary N) is 3. The lowest BCUT2D eigenvalue weighted by molar-refractivity contribution is -0.119. The van der Waals surface area contributed by atoms with Gasteiger partial charge in [0.05, 0.1) is 17.8 Å². The molecular weight excluding hydrogens is 330 g/mol. The van der Waals surface area contributed by atoms with Gasteiger partial charge in [-0.05, 0) is 33.6 Å². The summed E-state index contributed by atoms with van der Waals surface area (Å²) in [6.45, 7) is -0.254. The third kappa shape index (κ3) is 4.76. The second-order valence-electron chi connectivity index (χ2n) is 3.56. The van der Waals surface area contributed by atoms with Gasteiger partial charge in [0.25, 0.3) is 5.91 Å². The van der Waals surface area contributed by atoms with E-state index in [4.69, 9.17) is 26.7 Å². The lowest BCUT2D eigenvalue weighted by Crippen LogP contribution is -2.21. The molecule has 1 rings (SSSR count). The predicted octanol–water partition coefficient (Wildman–Crippen LogP) is -0.0709. The molecule has 0 aliphatic rings. The number of amides is 1. The van der Waals surface area contributed by atoms with E-state index in [0.29, 0.717) is 21.5 Å². The molecule has 0 radical (unpaired) electrons. The molecule has 0 fully saturated rings. The summed E-state index contributed by atoms with van der Waals surface area (Å²) in [5.41, 5.74) is 16.0. The molecule has 0 saturated carbocycles. The van der Waals surface area contributed by atoms with Crippen LogP contribution in [0, 0.1) is 0 Å². The number of hydrogen-bond donors (Lipinski definition) is 3. The van der Waals surface area contributed by atoms with Crippen molar-refractivity contribution in [3.63, 3.8) is 0 Å². The number of hydrogen-bond acceptors (Lipinski definition) is 5. The van der Waals surface area contributed by atoms with Crippen molar-refractivity contribution < 1.29 is 14.3 Å². The van der Waals surface area contributed by atoms with E-state index >= 15 is 0 Å². The molecule has 0 aromatic heterocycles. The summed E-state index contributed by atoms with van der Waals surface area (Å²) in [6, 6.07) is 3.34. The van der Waals surface area contributed by atoms with Crippen LogP contribution in [0.3, 0.4) is 0 Å². The fourth-order valence-corrected chi connectivity index (χ4v) is 1.83. The Balaban J connectivity index is 3.03. The number of primary amides is 1. The molecule has 0 saturated heterocycles. The number of ether oxygens (including phenoxy) is 2.